The SMILES string of the molecule is COc1cccc(OC)c1C(=O)NC(=S)Nc1ccc2oc(-c3cccnc3)nc2c1. The Labute approximate surface area is 183 Å². The molecule has 31 heavy (non-hydrogen) atoms. The van der Waals surface area contributed by atoms with Crippen molar-refractivity contribution in [1.29, 1.82) is 0 Å². The Hall–Kier alpha value is -3.98. The minimum Gasteiger partial charge on any atom is -0.496 e. The second-order valence-corrected chi connectivity index (χ2v) is 6.80. The fraction of sp³-hybridized carbons (Fsp3) is 0.0909. The van der Waals surface area contributed by atoms with Gasteiger partial charge in [-0.1, -0.05) is 6.07 Å². The summed E-state index contributed by atoms with van der Waals surface area (Å²) in [4.78, 5) is 21.3. The summed E-state index contributed by atoms with van der Waals surface area (Å²) in [6.45, 7) is 0. The van der Waals surface area contributed by atoms with E-state index in [1.807, 2.05) is 12.1 Å². The fourth-order valence-corrected chi connectivity index (χ4v) is 3.23. The molecular weight excluding hydrogens is 416 g/mol. The van der Waals surface area contributed by atoms with Gasteiger partial charge in [0.1, 0.15) is 22.6 Å². The lowest BCUT2D eigenvalue weighted by molar-refractivity contribution is 0.0971. The Balaban J connectivity index is 1.51. The first-order chi connectivity index (χ1) is 15.1. The first-order valence-electron chi connectivity index (χ1n) is 9.23. The molecule has 156 valence electrons. The molecule has 0 unspecified atom stereocenters. The molecule has 0 radical (unpaired) electrons. The molecule has 0 fully saturated rings. The van der Waals surface area contributed by atoms with Gasteiger partial charge in [-0.25, -0.2) is 4.98 Å². The number of hydrogen-bond acceptors (Lipinski definition) is 7. The minimum atomic E-state index is -0.451. The van der Waals surface area contributed by atoms with Crippen molar-refractivity contribution in [2.75, 3.05) is 19.5 Å². The molecule has 1 amide bonds. The second-order valence-electron chi connectivity index (χ2n) is 6.39. The number of nitrogens with zero attached hydrogens (tertiary/aromatic N) is 2. The number of nitrogens with one attached hydrogen (secondary N) is 2. The molecule has 2 heterocycles. The summed E-state index contributed by atoms with van der Waals surface area (Å²) >= 11 is 5.30. The molecule has 2 N–H and O–H groups in total. The molecule has 0 atom stereocenters. The van der Waals surface area contributed by atoms with Gasteiger partial charge in [0.15, 0.2) is 10.7 Å². The summed E-state index contributed by atoms with van der Waals surface area (Å²) in [6, 6.07) is 14.1. The van der Waals surface area contributed by atoms with Crippen molar-refractivity contribution in [1.82, 2.24) is 15.3 Å². The number of aromatic nitrogens is 2. The molecule has 0 saturated heterocycles. The van der Waals surface area contributed by atoms with E-state index in [0.717, 1.165) is 5.56 Å². The lowest BCUT2D eigenvalue weighted by Gasteiger charge is -2.14. The highest BCUT2D eigenvalue weighted by Gasteiger charge is 2.19. The van der Waals surface area contributed by atoms with Gasteiger partial charge in [0.2, 0.25) is 5.89 Å². The first-order valence-corrected chi connectivity index (χ1v) is 9.64. The van der Waals surface area contributed by atoms with Gasteiger partial charge in [0.05, 0.1) is 19.8 Å². The highest BCUT2D eigenvalue weighted by atomic mass is 32.1. The average Bonchev–Trinajstić information content (AvgIpc) is 3.22. The van der Waals surface area contributed by atoms with E-state index in [1.165, 1.54) is 14.2 Å². The highest BCUT2D eigenvalue weighted by molar-refractivity contribution is 7.80. The van der Waals surface area contributed by atoms with E-state index in [4.69, 9.17) is 26.1 Å². The molecule has 0 spiro atoms. The summed E-state index contributed by atoms with van der Waals surface area (Å²) in [7, 11) is 2.96. The molecule has 0 aliphatic heterocycles. The van der Waals surface area contributed by atoms with Crippen LogP contribution in [-0.2, 0) is 0 Å². The number of oxazole rings is 1. The van der Waals surface area contributed by atoms with E-state index in [0.29, 0.717) is 34.2 Å². The number of rotatable bonds is 5. The highest BCUT2D eigenvalue weighted by Crippen LogP contribution is 2.28. The number of pyridine rings is 1. The maximum Gasteiger partial charge on any atom is 0.264 e. The molecule has 8 nitrogen and oxygen atoms in total. The Morgan fingerprint density at radius 2 is 1.84 bits per heavy atom. The number of methoxy groups -OCH3 is 2. The number of hydrogen-bond donors (Lipinski definition) is 2. The predicted octanol–water partition coefficient (Wildman–Crippen LogP) is 4.03. The van der Waals surface area contributed by atoms with Crippen LogP contribution in [0.5, 0.6) is 11.5 Å². The monoisotopic (exact) mass is 434 g/mol. The topological polar surface area (TPSA) is 98.5 Å². The Morgan fingerprint density at radius 3 is 2.52 bits per heavy atom. The van der Waals surface area contributed by atoms with Crippen LogP contribution in [0.2, 0.25) is 0 Å². The summed E-state index contributed by atoms with van der Waals surface area (Å²) in [5.41, 5.74) is 2.95. The smallest absolute Gasteiger partial charge is 0.264 e. The molecule has 0 bridgehead atoms. The number of carbonyl (C=O) groups excluding carboxylic acids is 1. The van der Waals surface area contributed by atoms with E-state index in [2.05, 4.69) is 20.6 Å². The zero-order chi connectivity index (χ0) is 21.8. The number of anilines is 1. The standard InChI is InChI=1S/C22H18N4O4S/c1-28-17-6-3-7-18(29-2)19(17)20(27)26-22(31)24-14-8-9-16-15(11-14)25-21(30-16)13-5-4-10-23-12-13/h3-12H,1-2H3,(H2,24,26,27,31). The number of ether oxygens (including phenoxy) is 2. The van der Waals surface area contributed by atoms with Crippen molar-refractivity contribution in [2.45, 2.75) is 0 Å². The lowest BCUT2D eigenvalue weighted by Crippen LogP contribution is -2.34. The zero-order valence-corrected chi connectivity index (χ0v) is 17.5. The fourth-order valence-electron chi connectivity index (χ4n) is 3.02. The predicted molar refractivity (Wildman–Crippen MR) is 120 cm³/mol. The third-order valence-electron chi connectivity index (χ3n) is 4.44. The Morgan fingerprint density at radius 1 is 1.06 bits per heavy atom. The van der Waals surface area contributed by atoms with Crippen LogP contribution in [0.25, 0.3) is 22.6 Å². The van der Waals surface area contributed by atoms with Crippen molar-refractivity contribution in [3.8, 4) is 23.0 Å². The van der Waals surface area contributed by atoms with Crippen LogP contribution >= 0.6 is 12.2 Å². The van der Waals surface area contributed by atoms with E-state index in [1.54, 1.807) is 48.8 Å². The van der Waals surface area contributed by atoms with Crippen LogP contribution in [0, 0.1) is 0 Å². The number of thiocarbonyl (C=S) groups is 1. The van der Waals surface area contributed by atoms with E-state index in [9.17, 15) is 4.79 Å². The molecule has 2 aromatic heterocycles. The van der Waals surface area contributed by atoms with Crippen LogP contribution in [0.4, 0.5) is 5.69 Å². The largest absolute Gasteiger partial charge is 0.496 e. The van der Waals surface area contributed by atoms with Crippen molar-refractivity contribution in [3.05, 3.63) is 66.5 Å². The van der Waals surface area contributed by atoms with Crippen molar-refractivity contribution in [3.63, 3.8) is 0 Å². The summed E-state index contributed by atoms with van der Waals surface area (Å²) in [6.07, 6.45) is 3.37. The maximum absolute atomic E-state index is 12.7. The number of benzene rings is 2. The molecule has 0 aliphatic carbocycles. The minimum absolute atomic E-state index is 0.119. The van der Waals surface area contributed by atoms with Crippen molar-refractivity contribution < 1.29 is 18.7 Å². The molecule has 9 heteroatoms. The second kappa shape index (κ2) is 8.80. The molecule has 4 rings (SSSR count). The van der Waals surface area contributed by atoms with Crippen LogP contribution in [0.3, 0.4) is 0 Å². The van der Waals surface area contributed by atoms with Gasteiger partial charge < -0.3 is 19.2 Å². The molecule has 0 aliphatic rings. The van der Waals surface area contributed by atoms with Crippen LogP contribution < -0.4 is 20.1 Å². The zero-order valence-electron chi connectivity index (χ0n) is 16.7. The van der Waals surface area contributed by atoms with Crippen LogP contribution in [-0.4, -0.2) is 35.2 Å². The van der Waals surface area contributed by atoms with Crippen molar-refractivity contribution in [2.24, 2.45) is 0 Å². The Kier molecular flexibility index (Phi) is 5.76. The summed E-state index contributed by atoms with van der Waals surface area (Å²) in [5, 5.41) is 5.74. The van der Waals surface area contributed by atoms with E-state index < -0.39 is 5.91 Å². The van der Waals surface area contributed by atoms with E-state index >= 15 is 0 Å². The van der Waals surface area contributed by atoms with Gasteiger partial charge in [-0.15, -0.1) is 0 Å². The van der Waals surface area contributed by atoms with Gasteiger partial charge in [-0.2, -0.15) is 0 Å². The lowest BCUT2D eigenvalue weighted by atomic mass is 10.1. The van der Waals surface area contributed by atoms with Gasteiger partial charge in [0.25, 0.3) is 5.91 Å². The third-order valence-corrected chi connectivity index (χ3v) is 4.64. The Bertz CT molecular complexity index is 1230. The van der Waals surface area contributed by atoms with Gasteiger partial charge in [-0.05, 0) is 54.7 Å². The van der Waals surface area contributed by atoms with Gasteiger partial charge in [-0.3, -0.25) is 15.1 Å². The van der Waals surface area contributed by atoms with E-state index in [-0.39, 0.29) is 10.7 Å². The molecule has 0 saturated carbocycles. The normalized spacial score (nSPS) is 10.5. The first kappa shape index (κ1) is 20.3. The number of fused-ring (bicyclic) bond motifs is 1. The number of carbonyl (C=O) groups is 1. The van der Waals surface area contributed by atoms with Crippen LogP contribution in [0.15, 0.2) is 65.3 Å². The maximum atomic E-state index is 12.7. The summed E-state index contributed by atoms with van der Waals surface area (Å²) < 4.78 is 16.3. The molecule has 2 aromatic carbocycles. The molecule has 4 aromatic rings. The van der Waals surface area contributed by atoms with Crippen molar-refractivity contribution >= 4 is 40.0 Å². The third kappa shape index (κ3) is 4.31. The average molecular weight is 434 g/mol. The molecular formula is C22H18N4O4S. The van der Waals surface area contributed by atoms with Gasteiger partial charge in [0, 0.05) is 18.1 Å². The number of amides is 1. The summed E-state index contributed by atoms with van der Waals surface area (Å²) in [5.74, 6) is 0.783. The quantitative estimate of drug-likeness (QED) is 0.454. The van der Waals surface area contributed by atoms with Crippen LogP contribution in [0.1, 0.15) is 10.4 Å². The van der Waals surface area contributed by atoms with Gasteiger partial charge >= 0.3 is 0 Å².